The predicted octanol–water partition coefficient (Wildman–Crippen LogP) is 5.67. The molecular weight excluding hydrogens is 666 g/mol. The Bertz CT molecular complexity index is 1760. The Labute approximate surface area is 261 Å². The highest BCUT2D eigenvalue weighted by molar-refractivity contribution is 9.10. The average Bonchev–Trinajstić information content (AvgIpc) is 3.47. The molecule has 214 valence electrons. The number of hydrogen-bond donors (Lipinski definition) is 2. The molecule has 3 heterocycles. The van der Waals surface area contributed by atoms with Crippen molar-refractivity contribution in [1.82, 2.24) is 4.98 Å². The summed E-state index contributed by atoms with van der Waals surface area (Å²) in [5.41, 5.74) is 1.53. The van der Waals surface area contributed by atoms with Gasteiger partial charge in [-0.25, -0.2) is 4.90 Å². The van der Waals surface area contributed by atoms with E-state index >= 15 is 0 Å². The quantitative estimate of drug-likeness (QED) is 0.241. The smallest absolute Gasteiger partial charge is 0.305 e. The summed E-state index contributed by atoms with van der Waals surface area (Å²) in [5.74, 6) is -1.75. The van der Waals surface area contributed by atoms with Crippen LogP contribution in [0.2, 0.25) is 5.02 Å². The fraction of sp³-hybridized carbons (Fsp3) is 0.172. The van der Waals surface area contributed by atoms with Crippen LogP contribution in [0.25, 0.3) is 0 Å². The van der Waals surface area contributed by atoms with Crippen LogP contribution < -0.4 is 24.6 Å². The number of carbonyl (C=O) groups is 3. The van der Waals surface area contributed by atoms with Crippen LogP contribution in [0.15, 0.2) is 81.0 Å². The summed E-state index contributed by atoms with van der Waals surface area (Å²) < 4.78 is 11.9. The van der Waals surface area contributed by atoms with Crippen molar-refractivity contribution < 1.29 is 23.9 Å². The Kier molecular flexibility index (Phi) is 7.88. The highest BCUT2D eigenvalue weighted by Crippen LogP contribution is 2.54. The molecule has 3 atom stereocenters. The fourth-order valence-electron chi connectivity index (χ4n) is 5.11. The Hall–Kier alpha value is -3.58. The molecule has 42 heavy (non-hydrogen) atoms. The molecule has 13 heteroatoms. The van der Waals surface area contributed by atoms with Gasteiger partial charge in [0.2, 0.25) is 11.8 Å². The Morgan fingerprint density at radius 3 is 2.50 bits per heavy atom. The zero-order valence-electron chi connectivity index (χ0n) is 21.8. The first kappa shape index (κ1) is 28.5. The van der Waals surface area contributed by atoms with Gasteiger partial charge in [0.25, 0.3) is 5.91 Å². The van der Waals surface area contributed by atoms with Crippen molar-refractivity contribution in [2.45, 2.75) is 16.2 Å². The summed E-state index contributed by atoms with van der Waals surface area (Å²) in [4.78, 5) is 57.2. The number of carbonyl (C=O) groups excluding carboxylic acids is 3. The number of anilines is 2. The number of ether oxygens (including phenoxy) is 2. The molecule has 1 fully saturated rings. The van der Waals surface area contributed by atoms with Gasteiger partial charge in [-0.3, -0.25) is 19.2 Å². The third-order valence-corrected chi connectivity index (χ3v) is 10.1. The Morgan fingerprint density at radius 1 is 1.05 bits per heavy atom. The standard InChI is InChI=1S/C29H21BrClN3O6S2/c1-39-18-9-5-16(6-10-18)32-21(35)13-40-20-11-4-15(31)12-19(20)22-23-25(41-26-24(22)42-29(38)33-26)28(37)34(27(23)36)17-7-2-14(30)3-8-17/h2-12,22-23,25H,13H2,1H3,(H,32,35)(H,33,38)/t22-,23-,25+/m0/s1. The van der Waals surface area contributed by atoms with Gasteiger partial charge in [-0.15, -0.1) is 0 Å². The molecule has 0 aliphatic carbocycles. The van der Waals surface area contributed by atoms with Crippen LogP contribution in [0.5, 0.6) is 11.5 Å². The number of aromatic amines is 1. The largest absolute Gasteiger partial charge is 0.497 e. The van der Waals surface area contributed by atoms with Crippen LogP contribution in [0.4, 0.5) is 11.4 Å². The number of aromatic nitrogens is 1. The van der Waals surface area contributed by atoms with Crippen molar-refractivity contribution in [3.63, 3.8) is 0 Å². The molecule has 2 N–H and O–H groups in total. The van der Waals surface area contributed by atoms with Gasteiger partial charge in [-0.2, -0.15) is 0 Å². The number of hydrogen-bond acceptors (Lipinski definition) is 8. The Balaban J connectivity index is 1.34. The highest BCUT2D eigenvalue weighted by atomic mass is 79.9. The molecular formula is C29H21BrClN3O6S2. The lowest BCUT2D eigenvalue weighted by atomic mass is 9.82. The van der Waals surface area contributed by atoms with E-state index in [9.17, 15) is 19.2 Å². The first-order valence-corrected chi connectivity index (χ1v) is 15.5. The number of halogens is 2. The summed E-state index contributed by atoms with van der Waals surface area (Å²) in [6, 6.07) is 18.7. The number of imide groups is 1. The van der Waals surface area contributed by atoms with E-state index in [0.29, 0.717) is 43.4 Å². The maximum absolute atomic E-state index is 14.0. The number of benzene rings is 3. The molecule has 1 aromatic heterocycles. The van der Waals surface area contributed by atoms with Gasteiger partial charge in [0.05, 0.1) is 23.7 Å². The van der Waals surface area contributed by atoms with Crippen LogP contribution in [0, 0.1) is 5.92 Å². The average molecular weight is 687 g/mol. The first-order valence-electron chi connectivity index (χ1n) is 12.6. The van der Waals surface area contributed by atoms with Crippen LogP contribution in [0.3, 0.4) is 0 Å². The molecule has 2 aliphatic rings. The maximum Gasteiger partial charge on any atom is 0.305 e. The lowest BCUT2D eigenvalue weighted by Gasteiger charge is -2.31. The summed E-state index contributed by atoms with van der Waals surface area (Å²) in [7, 11) is 1.56. The third-order valence-electron chi connectivity index (χ3n) is 6.95. The van der Waals surface area contributed by atoms with E-state index in [1.54, 1.807) is 73.8 Å². The van der Waals surface area contributed by atoms with Gasteiger partial charge < -0.3 is 19.8 Å². The van der Waals surface area contributed by atoms with Crippen molar-refractivity contribution in [3.8, 4) is 11.5 Å². The van der Waals surface area contributed by atoms with Crippen molar-refractivity contribution >= 4 is 79.7 Å². The molecule has 9 nitrogen and oxygen atoms in total. The summed E-state index contributed by atoms with van der Waals surface area (Å²) in [6.07, 6.45) is 0. The van der Waals surface area contributed by atoms with Gasteiger partial charge in [0.1, 0.15) is 16.7 Å². The van der Waals surface area contributed by atoms with Gasteiger partial charge in [-0.05, 0) is 66.7 Å². The van der Waals surface area contributed by atoms with Crippen LogP contribution in [-0.4, -0.2) is 41.7 Å². The molecule has 1 saturated heterocycles. The summed E-state index contributed by atoms with van der Waals surface area (Å²) in [5, 5.41) is 2.89. The van der Waals surface area contributed by atoms with E-state index in [4.69, 9.17) is 21.1 Å². The van der Waals surface area contributed by atoms with E-state index in [-0.39, 0.29) is 23.3 Å². The predicted molar refractivity (Wildman–Crippen MR) is 165 cm³/mol. The molecule has 3 aromatic carbocycles. The third kappa shape index (κ3) is 5.35. The minimum absolute atomic E-state index is 0.300. The SMILES string of the molecule is COc1ccc(NC(=O)COc2ccc(Cl)cc2[C@@H]2c3sc(=O)[nH]c3S[C@H]3C(=O)N(c4ccc(Br)cc4)C(=O)[C@@H]23)cc1. The summed E-state index contributed by atoms with van der Waals surface area (Å²) in [6.45, 7) is -0.329. The first-order chi connectivity index (χ1) is 20.2. The molecule has 0 unspecified atom stereocenters. The van der Waals surface area contributed by atoms with Crippen molar-refractivity contribution in [1.29, 1.82) is 0 Å². The zero-order valence-corrected chi connectivity index (χ0v) is 25.7. The number of H-pyrrole nitrogens is 1. The number of methoxy groups -OCH3 is 1. The number of nitrogens with zero attached hydrogens (tertiary/aromatic N) is 1. The number of thiazole rings is 1. The highest BCUT2D eigenvalue weighted by Gasteiger charge is 2.56. The van der Waals surface area contributed by atoms with Crippen LogP contribution in [-0.2, 0) is 14.4 Å². The minimum atomic E-state index is -0.834. The zero-order chi connectivity index (χ0) is 29.5. The van der Waals surface area contributed by atoms with Crippen molar-refractivity contribution in [2.75, 3.05) is 23.9 Å². The lowest BCUT2D eigenvalue weighted by Crippen LogP contribution is -2.32. The molecule has 0 spiro atoms. The number of thioether (sulfide) groups is 1. The van der Waals surface area contributed by atoms with E-state index in [1.807, 2.05) is 0 Å². The van der Waals surface area contributed by atoms with Gasteiger partial charge in [0.15, 0.2) is 6.61 Å². The second-order valence-corrected chi connectivity index (χ2v) is 13.0. The van der Waals surface area contributed by atoms with Crippen molar-refractivity contribution in [3.05, 3.63) is 96.3 Å². The topological polar surface area (TPSA) is 118 Å². The van der Waals surface area contributed by atoms with E-state index in [0.717, 1.165) is 15.8 Å². The van der Waals surface area contributed by atoms with Gasteiger partial charge in [-0.1, -0.05) is 50.6 Å². The molecule has 6 rings (SSSR count). The maximum atomic E-state index is 14.0. The Morgan fingerprint density at radius 2 is 1.79 bits per heavy atom. The van der Waals surface area contributed by atoms with E-state index in [2.05, 4.69) is 26.2 Å². The number of nitrogens with one attached hydrogen (secondary N) is 2. The van der Waals surface area contributed by atoms with Crippen LogP contribution in [0.1, 0.15) is 16.4 Å². The van der Waals surface area contributed by atoms with Gasteiger partial charge >= 0.3 is 4.87 Å². The van der Waals surface area contributed by atoms with Crippen LogP contribution >= 0.6 is 50.6 Å². The molecule has 0 radical (unpaired) electrons. The minimum Gasteiger partial charge on any atom is -0.497 e. The van der Waals surface area contributed by atoms with E-state index < -0.39 is 23.0 Å². The van der Waals surface area contributed by atoms with Gasteiger partial charge in [0, 0.05) is 31.5 Å². The van der Waals surface area contributed by atoms with E-state index in [1.165, 1.54) is 16.7 Å². The second kappa shape index (κ2) is 11.6. The number of amides is 3. The number of fused-ring (bicyclic) bond motifs is 2. The molecule has 0 bridgehead atoms. The fourth-order valence-corrected chi connectivity index (χ4v) is 8.06. The van der Waals surface area contributed by atoms with Crippen molar-refractivity contribution in [2.24, 2.45) is 5.92 Å². The molecule has 4 aromatic rings. The molecule has 0 saturated carbocycles. The lowest BCUT2D eigenvalue weighted by molar-refractivity contribution is -0.122. The summed E-state index contributed by atoms with van der Waals surface area (Å²) >= 11 is 12.0. The second-order valence-electron chi connectivity index (χ2n) is 9.49. The molecule has 2 aliphatic heterocycles. The monoisotopic (exact) mass is 685 g/mol. The molecule has 3 amide bonds. The number of rotatable bonds is 7. The normalized spacial score (nSPS) is 19.3.